The maximum absolute atomic E-state index is 11.0. The number of ether oxygens (including phenoxy) is 2. The number of benzene rings is 1. The van der Waals surface area contributed by atoms with Gasteiger partial charge in [0.25, 0.3) is 0 Å². The number of thioether (sulfide) groups is 1. The molecule has 0 radical (unpaired) electrons. The van der Waals surface area contributed by atoms with Crippen molar-refractivity contribution in [3.63, 3.8) is 0 Å². The molecule has 1 aromatic carbocycles. The lowest BCUT2D eigenvalue weighted by atomic mass is 10.1. The molecule has 0 saturated heterocycles. The van der Waals surface area contributed by atoms with E-state index < -0.39 is 11.3 Å². The minimum atomic E-state index is -2.47. The van der Waals surface area contributed by atoms with E-state index in [1.165, 1.54) is 26.0 Å². The van der Waals surface area contributed by atoms with Gasteiger partial charge >= 0.3 is 0 Å². The van der Waals surface area contributed by atoms with Crippen molar-refractivity contribution >= 4 is 57.1 Å². The Morgan fingerprint density at radius 2 is 1.83 bits per heavy atom. The molecule has 3 aromatic rings. The lowest BCUT2D eigenvalue weighted by Crippen LogP contribution is -2.17. The van der Waals surface area contributed by atoms with Gasteiger partial charge in [0.05, 0.1) is 47.7 Å². The zero-order valence-electron chi connectivity index (χ0n) is 15.5. The second-order valence-corrected chi connectivity index (χ2v) is 7.88. The van der Waals surface area contributed by atoms with Crippen molar-refractivity contribution in [3.05, 3.63) is 34.1 Å². The minimum absolute atomic E-state index is 0.0678. The van der Waals surface area contributed by atoms with Crippen LogP contribution in [0.4, 0.5) is 0 Å². The quantitative estimate of drug-likeness (QED) is 0.314. The molecule has 0 aliphatic heterocycles. The minimum Gasteiger partial charge on any atom is -0.760 e. The lowest BCUT2D eigenvalue weighted by Gasteiger charge is -2.16. The molecule has 1 N–H and O–H groups in total. The van der Waals surface area contributed by atoms with Crippen molar-refractivity contribution < 1.29 is 18.2 Å². The van der Waals surface area contributed by atoms with Gasteiger partial charge in [-0.15, -0.1) is 0 Å². The number of hydrogen-bond donors (Lipinski definition) is 1. The zero-order valence-corrected chi connectivity index (χ0v) is 18.6. The molecule has 0 bridgehead atoms. The first-order chi connectivity index (χ1) is 13.9. The summed E-state index contributed by atoms with van der Waals surface area (Å²) in [7, 11) is 2.95. The van der Waals surface area contributed by atoms with E-state index in [4.69, 9.17) is 32.7 Å². The summed E-state index contributed by atoms with van der Waals surface area (Å²) in [6.45, 7) is -0.0678. The van der Waals surface area contributed by atoms with Gasteiger partial charge < -0.3 is 14.0 Å². The van der Waals surface area contributed by atoms with Gasteiger partial charge in [-0.1, -0.05) is 35.0 Å². The molecule has 0 aliphatic rings. The molecule has 3 rings (SSSR count). The van der Waals surface area contributed by atoms with Crippen molar-refractivity contribution in [2.75, 3.05) is 20.5 Å². The van der Waals surface area contributed by atoms with Gasteiger partial charge in [0.15, 0.2) is 5.16 Å². The van der Waals surface area contributed by atoms with Crippen molar-refractivity contribution in [1.82, 2.24) is 19.7 Å². The van der Waals surface area contributed by atoms with E-state index >= 15 is 0 Å². The summed E-state index contributed by atoms with van der Waals surface area (Å²) in [4.78, 5) is 13.3. The molecule has 2 aromatic heterocycles. The molecule has 8 nitrogen and oxygen atoms in total. The van der Waals surface area contributed by atoms with E-state index in [0.29, 0.717) is 44.5 Å². The van der Waals surface area contributed by atoms with Crippen LogP contribution < -0.4 is 14.2 Å². The van der Waals surface area contributed by atoms with E-state index in [0.717, 1.165) is 0 Å². The Kier molecular flexibility index (Phi) is 7.14. The highest BCUT2D eigenvalue weighted by atomic mass is 35.5. The standard InChI is InChI=1S/C17H16Cl2N4O4S2/c1-26-11-5-12(27-2)15(19)13(14(11)18)9-4-8-6-20-17(28-3)23-16(8)10(22-9)7-21-29(24)25/h4-6,21H,7H2,1-3H3,(H,24,25)/p-1. The third kappa shape index (κ3) is 4.57. The predicted molar refractivity (Wildman–Crippen MR) is 113 cm³/mol. The Labute approximate surface area is 183 Å². The molecule has 0 amide bonds. The highest BCUT2D eigenvalue weighted by Gasteiger charge is 2.21. The average molecular weight is 474 g/mol. The Balaban J connectivity index is 2.29. The molecule has 2 heterocycles. The van der Waals surface area contributed by atoms with Crippen molar-refractivity contribution in [2.45, 2.75) is 11.7 Å². The van der Waals surface area contributed by atoms with Crippen LogP contribution in [-0.4, -0.2) is 44.2 Å². The summed E-state index contributed by atoms with van der Waals surface area (Å²) < 4.78 is 35.0. The van der Waals surface area contributed by atoms with Gasteiger partial charge in [-0.2, -0.15) is 0 Å². The van der Waals surface area contributed by atoms with Crippen molar-refractivity contribution in [3.8, 4) is 22.8 Å². The monoisotopic (exact) mass is 473 g/mol. The fraction of sp³-hybridized carbons (Fsp3) is 0.235. The first kappa shape index (κ1) is 22.0. The zero-order chi connectivity index (χ0) is 21.1. The number of methoxy groups -OCH3 is 2. The number of nitrogens with one attached hydrogen (secondary N) is 1. The highest BCUT2D eigenvalue weighted by molar-refractivity contribution is 7.98. The Bertz CT molecular complexity index is 1070. The van der Waals surface area contributed by atoms with Crippen molar-refractivity contribution in [1.29, 1.82) is 0 Å². The summed E-state index contributed by atoms with van der Waals surface area (Å²) in [6, 6.07) is 3.30. The third-order valence-corrected chi connectivity index (χ3v) is 5.68. The van der Waals surface area contributed by atoms with Gasteiger partial charge in [-0.3, -0.25) is 4.21 Å². The van der Waals surface area contributed by atoms with Crippen LogP contribution in [0.1, 0.15) is 5.69 Å². The van der Waals surface area contributed by atoms with Crippen LogP contribution in [-0.2, 0) is 17.8 Å². The second kappa shape index (κ2) is 9.41. The van der Waals surface area contributed by atoms with E-state index in [1.54, 1.807) is 18.3 Å². The van der Waals surface area contributed by atoms with Crippen LogP contribution in [0.2, 0.25) is 10.0 Å². The van der Waals surface area contributed by atoms with Crippen LogP contribution >= 0.6 is 35.0 Å². The maximum atomic E-state index is 11.0. The molecule has 1 unspecified atom stereocenters. The van der Waals surface area contributed by atoms with Gasteiger partial charge in [0, 0.05) is 34.5 Å². The number of nitrogens with zero attached hydrogens (tertiary/aromatic N) is 3. The maximum Gasteiger partial charge on any atom is 0.187 e. The summed E-state index contributed by atoms with van der Waals surface area (Å²) in [5.74, 6) is 0.721. The fourth-order valence-corrected chi connectivity index (χ4v) is 3.97. The molecule has 0 saturated carbocycles. The van der Waals surface area contributed by atoms with Crippen LogP contribution in [0.5, 0.6) is 11.5 Å². The topological polar surface area (TPSA) is 109 Å². The fourth-order valence-electron chi connectivity index (χ4n) is 2.68. The highest BCUT2D eigenvalue weighted by Crippen LogP contribution is 2.45. The van der Waals surface area contributed by atoms with Crippen molar-refractivity contribution in [2.24, 2.45) is 0 Å². The average Bonchev–Trinajstić information content (AvgIpc) is 2.72. The molecule has 1 atom stereocenters. The van der Waals surface area contributed by atoms with Gasteiger partial charge in [0.1, 0.15) is 11.5 Å². The largest absolute Gasteiger partial charge is 0.760 e. The smallest absolute Gasteiger partial charge is 0.187 e. The van der Waals surface area contributed by atoms with E-state index in [-0.39, 0.29) is 16.6 Å². The van der Waals surface area contributed by atoms with Gasteiger partial charge in [-0.05, 0) is 12.3 Å². The van der Waals surface area contributed by atoms with E-state index in [9.17, 15) is 8.76 Å². The Morgan fingerprint density at radius 1 is 1.17 bits per heavy atom. The van der Waals surface area contributed by atoms with Crippen LogP contribution in [0.15, 0.2) is 23.5 Å². The molecule has 29 heavy (non-hydrogen) atoms. The molecule has 154 valence electrons. The number of pyridine rings is 1. The molecule has 0 aliphatic carbocycles. The number of fused-ring (bicyclic) bond motifs is 1. The first-order valence-electron chi connectivity index (χ1n) is 8.03. The summed E-state index contributed by atoms with van der Waals surface area (Å²) >= 11 is 11.9. The molecule has 0 spiro atoms. The molecular weight excluding hydrogens is 459 g/mol. The molecule has 12 heteroatoms. The number of aromatic nitrogens is 3. The Hall–Kier alpha value is -1.69. The normalized spacial score (nSPS) is 12.2. The van der Waals surface area contributed by atoms with Gasteiger partial charge in [0.2, 0.25) is 0 Å². The number of halogens is 2. The molecule has 0 fully saturated rings. The van der Waals surface area contributed by atoms with Crippen LogP contribution in [0, 0.1) is 0 Å². The van der Waals surface area contributed by atoms with E-state index in [2.05, 4.69) is 19.7 Å². The Morgan fingerprint density at radius 3 is 2.38 bits per heavy atom. The van der Waals surface area contributed by atoms with Crippen LogP contribution in [0.3, 0.4) is 0 Å². The van der Waals surface area contributed by atoms with E-state index in [1.807, 2.05) is 6.26 Å². The third-order valence-electron chi connectivity index (χ3n) is 3.99. The summed E-state index contributed by atoms with van der Waals surface area (Å²) in [5.41, 5.74) is 1.71. The predicted octanol–water partition coefficient (Wildman–Crippen LogP) is 3.62. The summed E-state index contributed by atoms with van der Waals surface area (Å²) in [6.07, 6.45) is 3.48. The number of hydrogen-bond acceptors (Lipinski definition) is 8. The first-order valence-corrected chi connectivity index (χ1v) is 11.1. The lowest BCUT2D eigenvalue weighted by molar-refractivity contribution is 0.395. The van der Waals surface area contributed by atoms with Gasteiger partial charge in [-0.25, -0.2) is 19.7 Å². The van der Waals surface area contributed by atoms with Crippen LogP contribution in [0.25, 0.3) is 22.2 Å². The SMILES string of the molecule is COc1cc(OC)c(Cl)c(-c2cc3cnc(SC)nc3c(CNS(=O)[O-])n2)c1Cl. The number of rotatable bonds is 7. The summed E-state index contributed by atoms with van der Waals surface area (Å²) in [5, 5.41) is 1.68. The molecular formula is C17H15Cl2N4O4S2-. The second-order valence-electron chi connectivity index (χ2n) is 5.59.